The lowest BCUT2D eigenvalue weighted by Gasteiger charge is -2.30. The molecular weight excluding hydrogens is 567 g/mol. The van der Waals surface area contributed by atoms with Gasteiger partial charge < -0.3 is 4.74 Å². The summed E-state index contributed by atoms with van der Waals surface area (Å²) in [5.74, 6) is -3.91. The summed E-state index contributed by atoms with van der Waals surface area (Å²) in [6.07, 6.45) is 2.69. The van der Waals surface area contributed by atoms with Gasteiger partial charge in [-0.15, -0.1) is 0 Å². The first-order valence-corrected chi connectivity index (χ1v) is 13.6. The lowest BCUT2D eigenvalue weighted by atomic mass is 9.82. The molecule has 0 aromatic heterocycles. The third-order valence-corrected chi connectivity index (χ3v) is 7.87. The van der Waals surface area contributed by atoms with Gasteiger partial charge in [0, 0.05) is 11.1 Å². The number of benzene rings is 3. The van der Waals surface area contributed by atoms with Gasteiger partial charge in [-0.25, -0.2) is 9.80 Å². The van der Waals surface area contributed by atoms with Crippen LogP contribution in [0.2, 0.25) is 10.0 Å². The number of rotatable bonds is 7. The highest BCUT2D eigenvalue weighted by atomic mass is 35.5. The van der Waals surface area contributed by atoms with E-state index < -0.39 is 47.9 Å². The molecule has 10 heteroatoms. The minimum Gasteiger partial charge on any atom is -0.423 e. The Bertz CT molecular complexity index is 1590. The van der Waals surface area contributed by atoms with Crippen LogP contribution in [0.1, 0.15) is 50.8 Å². The van der Waals surface area contributed by atoms with Crippen molar-refractivity contribution >= 4 is 52.7 Å². The van der Waals surface area contributed by atoms with Crippen molar-refractivity contribution in [3.8, 4) is 5.75 Å². The summed E-state index contributed by atoms with van der Waals surface area (Å²) in [5.41, 5.74) is 1.60. The van der Waals surface area contributed by atoms with Crippen LogP contribution in [0.25, 0.3) is 0 Å². The second-order valence-electron chi connectivity index (χ2n) is 9.89. The van der Waals surface area contributed by atoms with Crippen molar-refractivity contribution in [2.24, 2.45) is 11.8 Å². The maximum atomic E-state index is 13.7. The van der Waals surface area contributed by atoms with Crippen LogP contribution in [-0.4, -0.2) is 46.0 Å². The number of hydrogen-bond acceptors (Lipinski definition) is 6. The van der Waals surface area contributed by atoms with Crippen LogP contribution in [0.5, 0.6) is 5.75 Å². The molecule has 3 amide bonds. The summed E-state index contributed by atoms with van der Waals surface area (Å²) in [7, 11) is 0. The van der Waals surface area contributed by atoms with Gasteiger partial charge in [-0.2, -0.15) is 5.01 Å². The molecule has 0 unspecified atom stereocenters. The summed E-state index contributed by atoms with van der Waals surface area (Å²) in [6, 6.07) is 18.4. The average molecular weight is 591 g/mol. The zero-order chi connectivity index (χ0) is 29.3. The van der Waals surface area contributed by atoms with E-state index in [1.54, 1.807) is 30.3 Å². The van der Waals surface area contributed by atoms with E-state index in [-0.39, 0.29) is 26.9 Å². The van der Waals surface area contributed by atoms with Crippen LogP contribution in [0.3, 0.4) is 0 Å². The van der Waals surface area contributed by atoms with Crippen molar-refractivity contribution in [1.29, 1.82) is 0 Å². The summed E-state index contributed by atoms with van der Waals surface area (Å²) < 4.78 is 5.36. The molecule has 3 aromatic carbocycles. The predicted octanol–water partition coefficient (Wildman–Crippen LogP) is 5.79. The topological polar surface area (TPSA) is 101 Å². The van der Waals surface area contributed by atoms with Crippen LogP contribution in [0.4, 0.5) is 0 Å². The van der Waals surface area contributed by atoms with Gasteiger partial charge in [-0.1, -0.05) is 53.1 Å². The van der Waals surface area contributed by atoms with Gasteiger partial charge in [-0.3, -0.25) is 19.2 Å². The SMILES string of the molecule is CC1=CC[C@H]2C(=O)N(N(CC(=O)c3ccc(OC(=O)c4ccccc4)cc3)C(=O)c3ccc(Cl)c(Cl)c3)C(=O)[C@H]2C1. The molecule has 0 N–H and O–H groups in total. The monoisotopic (exact) mass is 590 g/mol. The molecule has 0 saturated carbocycles. The Morgan fingerprint density at radius 2 is 1.51 bits per heavy atom. The number of hydrogen-bond donors (Lipinski definition) is 0. The highest BCUT2D eigenvalue weighted by Gasteiger charge is 2.51. The molecule has 1 fully saturated rings. The van der Waals surface area contributed by atoms with Crippen LogP contribution < -0.4 is 4.74 Å². The zero-order valence-electron chi connectivity index (χ0n) is 21.9. The second-order valence-corrected chi connectivity index (χ2v) is 10.7. The first kappa shape index (κ1) is 28.3. The van der Waals surface area contributed by atoms with Crippen molar-refractivity contribution in [1.82, 2.24) is 10.0 Å². The van der Waals surface area contributed by atoms with Crippen molar-refractivity contribution in [3.05, 3.63) is 111 Å². The van der Waals surface area contributed by atoms with Crippen molar-refractivity contribution < 1.29 is 28.7 Å². The number of halogens is 2. The van der Waals surface area contributed by atoms with Gasteiger partial charge in [0.15, 0.2) is 5.78 Å². The summed E-state index contributed by atoms with van der Waals surface area (Å²) in [4.78, 5) is 66.3. The Morgan fingerprint density at radius 3 is 2.20 bits per heavy atom. The molecule has 1 aliphatic heterocycles. The fourth-order valence-electron chi connectivity index (χ4n) is 4.95. The number of esters is 1. The van der Waals surface area contributed by atoms with Gasteiger partial charge in [0.1, 0.15) is 12.3 Å². The highest BCUT2D eigenvalue weighted by molar-refractivity contribution is 6.42. The molecule has 1 heterocycles. The van der Waals surface area contributed by atoms with Crippen LogP contribution >= 0.6 is 23.2 Å². The number of hydrazine groups is 1. The van der Waals surface area contributed by atoms with Crippen LogP contribution in [-0.2, 0) is 9.59 Å². The molecule has 8 nitrogen and oxygen atoms in total. The van der Waals surface area contributed by atoms with E-state index in [0.717, 1.165) is 15.6 Å². The van der Waals surface area contributed by atoms with E-state index in [2.05, 4.69) is 0 Å². The molecule has 0 radical (unpaired) electrons. The lowest BCUT2D eigenvalue weighted by Crippen LogP contribution is -2.52. The minimum atomic E-state index is -0.754. The normalized spacial score (nSPS) is 18.0. The smallest absolute Gasteiger partial charge is 0.343 e. The fourth-order valence-corrected chi connectivity index (χ4v) is 5.24. The molecule has 0 spiro atoms. The van der Waals surface area contributed by atoms with Gasteiger partial charge in [0.05, 0.1) is 27.4 Å². The number of fused-ring (bicyclic) bond motifs is 1. The Hall–Kier alpha value is -4.27. The number of carbonyl (C=O) groups is 5. The van der Waals surface area contributed by atoms with Gasteiger partial charge in [0.25, 0.3) is 17.7 Å². The molecule has 1 aliphatic carbocycles. The summed E-state index contributed by atoms with van der Waals surface area (Å²) in [5, 5.41) is 2.01. The molecular formula is C31H24Cl2N2O6. The third kappa shape index (κ3) is 5.80. The van der Waals surface area contributed by atoms with Crippen molar-refractivity contribution in [3.63, 3.8) is 0 Å². The average Bonchev–Trinajstić information content (AvgIpc) is 3.22. The predicted molar refractivity (Wildman–Crippen MR) is 151 cm³/mol. The van der Waals surface area contributed by atoms with Crippen LogP contribution in [0, 0.1) is 11.8 Å². The third-order valence-electron chi connectivity index (χ3n) is 7.13. The first-order valence-electron chi connectivity index (χ1n) is 12.8. The van der Waals surface area contributed by atoms with E-state index in [0.29, 0.717) is 18.4 Å². The Morgan fingerprint density at radius 1 is 0.854 bits per heavy atom. The van der Waals surface area contributed by atoms with Crippen molar-refractivity contribution in [2.45, 2.75) is 19.8 Å². The summed E-state index contributed by atoms with van der Waals surface area (Å²) in [6.45, 7) is 1.30. The maximum Gasteiger partial charge on any atom is 0.343 e. The Labute approximate surface area is 246 Å². The standard InChI is InChI=1S/C31H24Cl2N2O6/c1-18-7-13-23-24(15-18)30(39)35(29(23)38)34(28(37)21-10-14-25(32)26(33)16-21)17-27(36)19-8-11-22(12-9-19)41-31(40)20-5-3-2-4-6-20/h2-12,14,16,23-24H,13,15,17H2,1H3/t23-,24+/m1/s1. The van der Waals surface area contributed by atoms with E-state index in [1.165, 1.54) is 42.5 Å². The second kappa shape index (κ2) is 11.7. The van der Waals surface area contributed by atoms with Crippen LogP contribution in [0.15, 0.2) is 84.4 Å². The molecule has 2 atom stereocenters. The van der Waals surface area contributed by atoms with E-state index in [1.807, 2.05) is 13.0 Å². The lowest BCUT2D eigenvalue weighted by molar-refractivity contribution is -0.154. The quantitative estimate of drug-likeness (QED) is 0.113. The minimum absolute atomic E-state index is 0.0557. The van der Waals surface area contributed by atoms with Gasteiger partial charge >= 0.3 is 5.97 Å². The maximum absolute atomic E-state index is 13.7. The van der Waals surface area contributed by atoms with Gasteiger partial charge in [-0.05, 0) is 74.4 Å². The number of carbonyl (C=O) groups excluding carboxylic acids is 5. The number of ketones is 1. The number of imide groups is 1. The largest absolute Gasteiger partial charge is 0.423 e. The number of allylic oxidation sites excluding steroid dienone is 2. The van der Waals surface area contributed by atoms with E-state index in [9.17, 15) is 24.0 Å². The molecule has 3 aromatic rings. The Balaban J connectivity index is 1.40. The highest BCUT2D eigenvalue weighted by Crippen LogP contribution is 2.39. The van der Waals surface area contributed by atoms with Gasteiger partial charge in [0.2, 0.25) is 0 Å². The molecule has 2 aliphatic rings. The fraction of sp³-hybridized carbons (Fsp3) is 0.194. The number of ether oxygens (including phenoxy) is 1. The zero-order valence-corrected chi connectivity index (χ0v) is 23.4. The first-order chi connectivity index (χ1) is 19.6. The number of nitrogens with zero attached hydrogens (tertiary/aromatic N) is 2. The van der Waals surface area contributed by atoms with E-state index >= 15 is 0 Å². The molecule has 41 heavy (non-hydrogen) atoms. The number of Topliss-reactive ketones (excluding diaryl/α,β-unsaturated/α-hetero) is 1. The Kier molecular flexibility index (Phi) is 8.06. The molecule has 5 rings (SSSR count). The summed E-state index contributed by atoms with van der Waals surface area (Å²) >= 11 is 12.1. The molecule has 208 valence electrons. The van der Waals surface area contributed by atoms with Crippen molar-refractivity contribution in [2.75, 3.05) is 6.54 Å². The van der Waals surface area contributed by atoms with E-state index in [4.69, 9.17) is 27.9 Å². The molecule has 0 bridgehead atoms. The number of amides is 3. The molecule has 1 saturated heterocycles.